The number of nitro benzene ring substituents is 1. The lowest BCUT2D eigenvalue weighted by Gasteiger charge is -2.26. The summed E-state index contributed by atoms with van der Waals surface area (Å²) < 4.78 is 27.2. The fourth-order valence-corrected chi connectivity index (χ4v) is 4.23. The molecule has 1 fully saturated rings. The Labute approximate surface area is 137 Å². The third-order valence-corrected chi connectivity index (χ3v) is 5.61. The SMILES string of the molecule is O=C(O)C1CCC(NS(=O)(=O)c2ccc(Cl)cc2[N+](=O)[O-])CC1. The van der Waals surface area contributed by atoms with Crippen molar-refractivity contribution in [2.45, 2.75) is 36.6 Å². The fourth-order valence-electron chi connectivity index (χ4n) is 2.60. The van der Waals surface area contributed by atoms with Crippen molar-refractivity contribution in [1.82, 2.24) is 4.72 Å². The summed E-state index contributed by atoms with van der Waals surface area (Å²) in [4.78, 5) is 20.7. The van der Waals surface area contributed by atoms with E-state index in [2.05, 4.69) is 4.72 Å². The average Bonchev–Trinajstić information content (AvgIpc) is 2.46. The maximum Gasteiger partial charge on any atom is 0.306 e. The second-order valence-corrected chi connectivity index (χ2v) is 7.50. The fraction of sp³-hybridized carbons (Fsp3) is 0.462. The lowest BCUT2D eigenvalue weighted by atomic mass is 9.87. The molecule has 23 heavy (non-hydrogen) atoms. The monoisotopic (exact) mass is 362 g/mol. The van der Waals surface area contributed by atoms with E-state index in [1.807, 2.05) is 0 Å². The van der Waals surface area contributed by atoms with E-state index < -0.39 is 43.5 Å². The first-order chi connectivity index (χ1) is 10.7. The van der Waals surface area contributed by atoms with Crippen LogP contribution < -0.4 is 4.72 Å². The first-order valence-corrected chi connectivity index (χ1v) is 8.76. The summed E-state index contributed by atoms with van der Waals surface area (Å²) in [5.74, 6) is -1.36. The first kappa shape index (κ1) is 17.6. The van der Waals surface area contributed by atoms with E-state index in [1.54, 1.807) is 0 Å². The maximum absolute atomic E-state index is 12.4. The normalized spacial score (nSPS) is 21.8. The number of sulfonamides is 1. The van der Waals surface area contributed by atoms with E-state index in [0.29, 0.717) is 25.7 Å². The van der Waals surface area contributed by atoms with Gasteiger partial charge in [0.2, 0.25) is 10.0 Å². The van der Waals surface area contributed by atoms with Crippen LogP contribution in [0.1, 0.15) is 25.7 Å². The minimum absolute atomic E-state index is 0.0672. The van der Waals surface area contributed by atoms with Gasteiger partial charge >= 0.3 is 5.97 Å². The largest absolute Gasteiger partial charge is 0.481 e. The zero-order chi connectivity index (χ0) is 17.2. The number of aliphatic carboxylic acids is 1. The summed E-state index contributed by atoms with van der Waals surface area (Å²) in [6, 6.07) is 2.90. The Morgan fingerprint density at radius 2 is 1.91 bits per heavy atom. The molecule has 0 radical (unpaired) electrons. The highest BCUT2D eigenvalue weighted by atomic mass is 35.5. The van der Waals surface area contributed by atoms with Crippen LogP contribution in [0.15, 0.2) is 23.1 Å². The molecule has 8 nitrogen and oxygen atoms in total. The molecule has 0 bridgehead atoms. The van der Waals surface area contributed by atoms with Gasteiger partial charge in [0.25, 0.3) is 5.69 Å². The van der Waals surface area contributed by atoms with Gasteiger partial charge in [0.1, 0.15) is 0 Å². The van der Waals surface area contributed by atoms with E-state index in [4.69, 9.17) is 16.7 Å². The Bertz CT molecular complexity index is 728. The number of nitrogens with zero attached hydrogens (tertiary/aromatic N) is 1. The number of hydrogen-bond donors (Lipinski definition) is 2. The van der Waals surface area contributed by atoms with E-state index in [1.165, 1.54) is 6.07 Å². The molecule has 0 amide bonds. The molecule has 2 rings (SSSR count). The number of nitrogens with one attached hydrogen (secondary N) is 1. The van der Waals surface area contributed by atoms with Gasteiger partial charge in [-0.3, -0.25) is 14.9 Å². The molecule has 0 aliphatic heterocycles. The Morgan fingerprint density at radius 3 is 2.43 bits per heavy atom. The van der Waals surface area contributed by atoms with Crippen molar-refractivity contribution in [3.63, 3.8) is 0 Å². The lowest BCUT2D eigenvalue weighted by Crippen LogP contribution is -2.38. The second kappa shape index (κ2) is 6.81. The molecule has 0 atom stereocenters. The molecule has 1 aliphatic carbocycles. The van der Waals surface area contributed by atoms with E-state index >= 15 is 0 Å². The number of carboxylic acid groups (broad SMARTS) is 1. The number of rotatable bonds is 5. The zero-order valence-corrected chi connectivity index (χ0v) is 13.5. The summed E-state index contributed by atoms with van der Waals surface area (Å²) in [5, 5.41) is 20.0. The van der Waals surface area contributed by atoms with Crippen molar-refractivity contribution in [3.05, 3.63) is 33.3 Å². The summed E-state index contributed by atoms with van der Waals surface area (Å²) in [5.41, 5.74) is -0.593. The molecule has 0 heterocycles. The third-order valence-electron chi connectivity index (χ3n) is 3.81. The number of halogens is 1. The van der Waals surface area contributed by atoms with Crippen molar-refractivity contribution in [2.24, 2.45) is 5.92 Å². The van der Waals surface area contributed by atoms with Gasteiger partial charge in [-0.1, -0.05) is 11.6 Å². The van der Waals surface area contributed by atoms with Crippen LogP contribution in [0.5, 0.6) is 0 Å². The second-order valence-electron chi connectivity index (χ2n) is 5.38. The van der Waals surface area contributed by atoms with E-state index in [-0.39, 0.29) is 5.02 Å². The van der Waals surface area contributed by atoms with Crippen molar-refractivity contribution >= 4 is 33.3 Å². The Morgan fingerprint density at radius 1 is 1.30 bits per heavy atom. The van der Waals surface area contributed by atoms with Crippen LogP contribution in [-0.2, 0) is 14.8 Å². The molecule has 126 valence electrons. The lowest BCUT2D eigenvalue weighted by molar-refractivity contribution is -0.387. The average molecular weight is 363 g/mol. The zero-order valence-electron chi connectivity index (χ0n) is 11.9. The van der Waals surface area contributed by atoms with Crippen LogP contribution in [0.4, 0.5) is 5.69 Å². The molecule has 2 N–H and O–H groups in total. The van der Waals surface area contributed by atoms with Crippen molar-refractivity contribution in [3.8, 4) is 0 Å². The van der Waals surface area contributed by atoms with Gasteiger partial charge in [0, 0.05) is 17.1 Å². The molecule has 0 saturated heterocycles. The third kappa shape index (κ3) is 4.18. The minimum Gasteiger partial charge on any atom is -0.481 e. The quantitative estimate of drug-likeness (QED) is 0.610. The number of nitro groups is 1. The van der Waals surface area contributed by atoms with Crippen LogP contribution in [0.3, 0.4) is 0 Å². The van der Waals surface area contributed by atoms with Crippen molar-refractivity contribution in [2.75, 3.05) is 0 Å². The molecule has 0 unspecified atom stereocenters. The molecule has 1 aliphatic rings. The summed E-state index contributed by atoms with van der Waals surface area (Å²) >= 11 is 5.67. The first-order valence-electron chi connectivity index (χ1n) is 6.90. The van der Waals surface area contributed by atoms with Crippen LogP contribution in [0, 0.1) is 16.0 Å². The highest BCUT2D eigenvalue weighted by Crippen LogP contribution is 2.29. The van der Waals surface area contributed by atoms with Crippen molar-refractivity contribution < 1.29 is 23.2 Å². The van der Waals surface area contributed by atoms with Gasteiger partial charge in [-0.05, 0) is 37.8 Å². The Hall–Kier alpha value is -1.71. The minimum atomic E-state index is -4.09. The van der Waals surface area contributed by atoms with Gasteiger partial charge in [-0.2, -0.15) is 0 Å². The molecule has 10 heteroatoms. The number of benzene rings is 1. The molecular formula is C13H15ClN2O6S. The van der Waals surface area contributed by atoms with Gasteiger partial charge in [-0.25, -0.2) is 13.1 Å². The Balaban J connectivity index is 2.17. The summed E-state index contributed by atoms with van der Waals surface area (Å²) in [6.07, 6.45) is 1.48. The topological polar surface area (TPSA) is 127 Å². The number of carboxylic acids is 1. The molecule has 1 aromatic rings. The van der Waals surface area contributed by atoms with E-state index in [0.717, 1.165) is 12.1 Å². The van der Waals surface area contributed by atoms with Gasteiger partial charge in [0.05, 0.1) is 10.8 Å². The van der Waals surface area contributed by atoms with Gasteiger partial charge in [0.15, 0.2) is 4.90 Å². The predicted molar refractivity (Wildman–Crippen MR) is 81.8 cm³/mol. The highest BCUT2D eigenvalue weighted by molar-refractivity contribution is 7.89. The molecule has 1 saturated carbocycles. The van der Waals surface area contributed by atoms with E-state index in [9.17, 15) is 23.3 Å². The number of hydrogen-bond acceptors (Lipinski definition) is 5. The molecular weight excluding hydrogens is 348 g/mol. The standard InChI is InChI=1S/C13H15ClN2O6S/c14-9-3-6-12(11(7-9)16(19)20)23(21,22)15-10-4-1-8(2-5-10)13(17)18/h3,6-8,10,15H,1-2,4-5H2,(H,17,18). The maximum atomic E-state index is 12.4. The van der Waals surface area contributed by atoms with Gasteiger partial charge in [-0.15, -0.1) is 0 Å². The van der Waals surface area contributed by atoms with Gasteiger partial charge < -0.3 is 5.11 Å². The Kier molecular flexibility index (Phi) is 5.23. The summed E-state index contributed by atoms with van der Waals surface area (Å²) in [7, 11) is -4.09. The van der Waals surface area contributed by atoms with Crippen LogP contribution in [0.25, 0.3) is 0 Å². The molecule has 1 aromatic carbocycles. The van der Waals surface area contributed by atoms with Crippen LogP contribution in [0.2, 0.25) is 5.02 Å². The van der Waals surface area contributed by atoms with Crippen molar-refractivity contribution in [1.29, 1.82) is 0 Å². The van der Waals surface area contributed by atoms with Crippen LogP contribution in [-0.4, -0.2) is 30.5 Å². The molecule has 0 aromatic heterocycles. The van der Waals surface area contributed by atoms with Crippen LogP contribution >= 0.6 is 11.6 Å². The predicted octanol–water partition coefficient (Wildman–Crippen LogP) is 2.17. The highest BCUT2D eigenvalue weighted by Gasteiger charge is 2.32. The smallest absolute Gasteiger partial charge is 0.306 e. The molecule has 0 spiro atoms. The summed E-state index contributed by atoms with van der Waals surface area (Å²) in [6.45, 7) is 0. The number of carbonyl (C=O) groups is 1.